The summed E-state index contributed by atoms with van der Waals surface area (Å²) >= 11 is 0. The summed E-state index contributed by atoms with van der Waals surface area (Å²) in [6, 6.07) is 3.15. The van der Waals surface area contributed by atoms with E-state index in [4.69, 9.17) is 10.2 Å². The van der Waals surface area contributed by atoms with Crippen molar-refractivity contribution in [2.24, 2.45) is 0 Å². The van der Waals surface area contributed by atoms with Crippen molar-refractivity contribution in [3.8, 4) is 0 Å². The van der Waals surface area contributed by atoms with Crippen LogP contribution in [0.5, 0.6) is 0 Å². The van der Waals surface area contributed by atoms with Gasteiger partial charge in [-0.2, -0.15) is 0 Å². The number of methoxy groups -OCH3 is 1. The van der Waals surface area contributed by atoms with Gasteiger partial charge < -0.3 is 14.9 Å². The van der Waals surface area contributed by atoms with E-state index in [1.165, 1.54) is 19.4 Å². The summed E-state index contributed by atoms with van der Waals surface area (Å²) in [5, 5.41) is 0.618. The van der Waals surface area contributed by atoms with Gasteiger partial charge in [0.25, 0.3) is 0 Å². The molecular formula is C9H8N2O3. The third-order valence-corrected chi connectivity index (χ3v) is 1.86. The quantitative estimate of drug-likeness (QED) is 0.686. The predicted molar refractivity (Wildman–Crippen MR) is 49.8 cm³/mol. The highest BCUT2D eigenvalue weighted by Crippen LogP contribution is 2.22. The third kappa shape index (κ3) is 1.19. The molecule has 2 aromatic rings. The van der Waals surface area contributed by atoms with Crippen molar-refractivity contribution < 1.29 is 13.9 Å². The third-order valence-electron chi connectivity index (χ3n) is 1.86. The predicted octanol–water partition coefficient (Wildman–Crippen LogP) is 1.20. The van der Waals surface area contributed by atoms with E-state index >= 15 is 0 Å². The first-order valence-corrected chi connectivity index (χ1v) is 3.94. The van der Waals surface area contributed by atoms with E-state index in [0.717, 1.165) is 0 Å². The standard InChI is InChI=1S/C9H8N2O3/c1-13-9(12)7-4-5-6(14-7)2-3-11-8(5)10/h2-4H,1H3,(H2,10,11). The molecule has 2 heterocycles. The fourth-order valence-corrected chi connectivity index (χ4v) is 1.19. The van der Waals surface area contributed by atoms with Crippen molar-refractivity contribution in [2.45, 2.75) is 0 Å². The largest absolute Gasteiger partial charge is 0.463 e. The fraction of sp³-hybridized carbons (Fsp3) is 0.111. The van der Waals surface area contributed by atoms with Crippen LogP contribution in [0.25, 0.3) is 11.0 Å². The van der Waals surface area contributed by atoms with Crippen molar-refractivity contribution in [1.82, 2.24) is 4.98 Å². The Morgan fingerprint density at radius 1 is 1.64 bits per heavy atom. The molecule has 2 N–H and O–H groups in total. The lowest BCUT2D eigenvalue weighted by Gasteiger charge is -1.90. The molecule has 0 bridgehead atoms. The Morgan fingerprint density at radius 2 is 2.43 bits per heavy atom. The fourth-order valence-electron chi connectivity index (χ4n) is 1.19. The first-order chi connectivity index (χ1) is 6.72. The van der Waals surface area contributed by atoms with Gasteiger partial charge in [-0.05, 0) is 6.07 Å². The highest BCUT2D eigenvalue weighted by atomic mass is 16.5. The van der Waals surface area contributed by atoms with Crippen molar-refractivity contribution >= 4 is 22.8 Å². The van der Waals surface area contributed by atoms with Gasteiger partial charge in [-0.1, -0.05) is 0 Å². The summed E-state index contributed by atoms with van der Waals surface area (Å²) in [4.78, 5) is 15.0. The number of hydrogen-bond acceptors (Lipinski definition) is 5. The van der Waals surface area contributed by atoms with Crippen LogP contribution in [-0.2, 0) is 4.74 Å². The summed E-state index contributed by atoms with van der Waals surface area (Å²) in [5.41, 5.74) is 6.11. The number of nitrogens with zero attached hydrogens (tertiary/aromatic N) is 1. The minimum Gasteiger partial charge on any atom is -0.463 e. The molecule has 0 amide bonds. The number of nitrogen functional groups attached to an aromatic ring is 1. The van der Waals surface area contributed by atoms with Gasteiger partial charge >= 0.3 is 5.97 Å². The number of rotatable bonds is 1. The zero-order valence-electron chi connectivity index (χ0n) is 7.48. The van der Waals surface area contributed by atoms with Gasteiger partial charge in [-0.3, -0.25) is 0 Å². The number of nitrogens with two attached hydrogens (primary N) is 1. The van der Waals surface area contributed by atoms with Crippen LogP contribution in [0.4, 0.5) is 5.82 Å². The molecule has 2 rings (SSSR count). The van der Waals surface area contributed by atoms with E-state index in [1.54, 1.807) is 6.07 Å². The maximum atomic E-state index is 11.1. The summed E-state index contributed by atoms with van der Waals surface area (Å²) in [7, 11) is 1.29. The Morgan fingerprint density at radius 3 is 3.07 bits per heavy atom. The van der Waals surface area contributed by atoms with Gasteiger partial charge in [0.2, 0.25) is 5.76 Å². The van der Waals surface area contributed by atoms with Gasteiger partial charge in [0.15, 0.2) is 0 Å². The minimum absolute atomic E-state index is 0.127. The molecule has 5 nitrogen and oxygen atoms in total. The van der Waals surface area contributed by atoms with Crippen LogP contribution < -0.4 is 5.73 Å². The van der Waals surface area contributed by atoms with Gasteiger partial charge in [-0.15, -0.1) is 0 Å². The molecule has 14 heavy (non-hydrogen) atoms. The first kappa shape index (κ1) is 8.55. The van der Waals surface area contributed by atoms with Crippen LogP contribution in [0.2, 0.25) is 0 Å². The van der Waals surface area contributed by atoms with Crippen molar-refractivity contribution in [1.29, 1.82) is 0 Å². The highest BCUT2D eigenvalue weighted by molar-refractivity contribution is 5.95. The highest BCUT2D eigenvalue weighted by Gasteiger charge is 2.13. The molecule has 0 aromatic carbocycles. The zero-order chi connectivity index (χ0) is 10.1. The number of esters is 1. The average Bonchev–Trinajstić information content (AvgIpc) is 2.62. The molecule has 72 valence electrons. The molecule has 2 aromatic heterocycles. The number of hydrogen-bond donors (Lipinski definition) is 1. The summed E-state index contributed by atoms with van der Waals surface area (Å²) in [5.74, 6) is -0.0656. The van der Waals surface area contributed by atoms with E-state index in [9.17, 15) is 4.79 Å². The Kier molecular flexibility index (Phi) is 1.85. The molecule has 0 aliphatic rings. The van der Waals surface area contributed by atoms with Crippen LogP contribution in [0.1, 0.15) is 10.6 Å². The number of furan rings is 1. The maximum absolute atomic E-state index is 11.1. The monoisotopic (exact) mass is 192 g/mol. The molecule has 0 saturated carbocycles. The SMILES string of the molecule is COC(=O)c1cc2c(N)nccc2o1. The van der Waals surface area contributed by atoms with Crippen LogP contribution in [0.3, 0.4) is 0 Å². The normalized spacial score (nSPS) is 10.4. The average molecular weight is 192 g/mol. The Labute approximate surface area is 79.5 Å². The lowest BCUT2D eigenvalue weighted by Crippen LogP contribution is -1.98. The van der Waals surface area contributed by atoms with Crippen LogP contribution in [0.15, 0.2) is 22.7 Å². The van der Waals surface area contributed by atoms with Gasteiger partial charge in [0, 0.05) is 12.3 Å². The number of pyridine rings is 1. The topological polar surface area (TPSA) is 78.4 Å². The summed E-state index contributed by atoms with van der Waals surface area (Å²) in [6.45, 7) is 0. The van der Waals surface area contributed by atoms with E-state index in [2.05, 4.69) is 9.72 Å². The van der Waals surface area contributed by atoms with Crippen LogP contribution >= 0.6 is 0 Å². The van der Waals surface area contributed by atoms with Gasteiger partial charge in [0.1, 0.15) is 11.4 Å². The number of carbonyl (C=O) groups excluding carboxylic acids is 1. The van der Waals surface area contributed by atoms with E-state index < -0.39 is 5.97 Å². The molecule has 0 spiro atoms. The van der Waals surface area contributed by atoms with E-state index in [-0.39, 0.29) is 5.76 Å². The molecule has 0 saturated heterocycles. The number of anilines is 1. The molecule has 0 aliphatic carbocycles. The lowest BCUT2D eigenvalue weighted by atomic mass is 10.3. The van der Waals surface area contributed by atoms with Crippen molar-refractivity contribution in [2.75, 3.05) is 12.8 Å². The molecule has 0 atom stereocenters. The number of ether oxygens (including phenoxy) is 1. The van der Waals surface area contributed by atoms with E-state index in [1.807, 2.05) is 0 Å². The molecule has 0 fully saturated rings. The number of aromatic nitrogens is 1. The van der Waals surface area contributed by atoms with Crippen molar-refractivity contribution in [3.63, 3.8) is 0 Å². The molecule has 0 unspecified atom stereocenters. The number of carbonyl (C=O) groups is 1. The Bertz CT molecular complexity index is 490. The van der Waals surface area contributed by atoms with E-state index in [0.29, 0.717) is 16.8 Å². The Hall–Kier alpha value is -2.04. The lowest BCUT2D eigenvalue weighted by molar-refractivity contribution is 0.0567. The maximum Gasteiger partial charge on any atom is 0.373 e. The minimum atomic E-state index is -0.527. The Balaban J connectivity index is 2.62. The second kappa shape index (κ2) is 3.02. The number of fused-ring (bicyclic) bond motifs is 1. The second-order valence-corrected chi connectivity index (χ2v) is 2.71. The molecular weight excluding hydrogens is 184 g/mol. The van der Waals surface area contributed by atoms with Gasteiger partial charge in [0.05, 0.1) is 12.5 Å². The summed E-state index contributed by atoms with van der Waals surface area (Å²) in [6.07, 6.45) is 1.52. The smallest absolute Gasteiger partial charge is 0.373 e. The van der Waals surface area contributed by atoms with Crippen molar-refractivity contribution in [3.05, 3.63) is 24.1 Å². The summed E-state index contributed by atoms with van der Waals surface area (Å²) < 4.78 is 9.72. The molecule has 0 radical (unpaired) electrons. The second-order valence-electron chi connectivity index (χ2n) is 2.71. The molecule has 5 heteroatoms. The van der Waals surface area contributed by atoms with Gasteiger partial charge in [-0.25, -0.2) is 9.78 Å². The zero-order valence-corrected chi connectivity index (χ0v) is 7.48. The van der Waals surface area contributed by atoms with Crippen LogP contribution in [-0.4, -0.2) is 18.1 Å². The molecule has 0 aliphatic heterocycles. The van der Waals surface area contributed by atoms with Crippen LogP contribution in [0, 0.1) is 0 Å². The first-order valence-electron chi connectivity index (χ1n) is 3.94.